The summed E-state index contributed by atoms with van der Waals surface area (Å²) in [6.45, 7) is 1.46. The van der Waals surface area contributed by atoms with Crippen molar-refractivity contribution in [3.05, 3.63) is 15.6 Å². The van der Waals surface area contributed by atoms with Gasteiger partial charge in [0.1, 0.15) is 0 Å². The van der Waals surface area contributed by atoms with Crippen molar-refractivity contribution in [2.75, 3.05) is 0 Å². The number of alkyl halides is 2. The Balaban J connectivity index is 3.06. The Labute approximate surface area is 65.9 Å². The molecule has 5 heteroatoms. The summed E-state index contributed by atoms with van der Waals surface area (Å²) >= 11 is 0.738. The fraction of sp³-hybridized carbons (Fsp3) is 0.333. The monoisotopic (exact) mass is 177 g/mol. The predicted octanol–water partition coefficient (Wildman–Crippen LogP) is 2.20. The molecule has 0 N–H and O–H groups in total. The number of carbonyl (C=O) groups is 1. The first-order valence-electron chi connectivity index (χ1n) is 2.85. The standard InChI is InChI=1S/C6H5F2NOS/c1-3-5(6(7)8)11-4(2-10)9-3/h2,6H,1H3. The maximum Gasteiger partial charge on any atom is 0.274 e. The normalized spacial score (nSPS) is 10.5. The molecule has 60 valence electrons. The number of aryl methyl sites for hydroxylation is 1. The summed E-state index contributed by atoms with van der Waals surface area (Å²) in [6.07, 6.45) is -2.05. The van der Waals surface area contributed by atoms with Crippen molar-refractivity contribution >= 4 is 17.6 Å². The van der Waals surface area contributed by atoms with E-state index in [0.717, 1.165) is 11.3 Å². The van der Waals surface area contributed by atoms with Gasteiger partial charge in [0, 0.05) is 0 Å². The third-order valence-corrected chi connectivity index (χ3v) is 2.24. The minimum atomic E-state index is -2.53. The molecule has 0 aliphatic carbocycles. The molecule has 0 saturated heterocycles. The van der Waals surface area contributed by atoms with Crippen molar-refractivity contribution in [3.63, 3.8) is 0 Å². The number of carbonyl (C=O) groups excluding carboxylic acids is 1. The number of nitrogens with zero attached hydrogens (tertiary/aromatic N) is 1. The highest BCUT2D eigenvalue weighted by Gasteiger charge is 2.15. The van der Waals surface area contributed by atoms with Crippen LogP contribution in [0.5, 0.6) is 0 Å². The van der Waals surface area contributed by atoms with Crippen LogP contribution in [0.2, 0.25) is 0 Å². The second kappa shape index (κ2) is 3.04. The largest absolute Gasteiger partial charge is 0.295 e. The Kier molecular flexibility index (Phi) is 2.28. The van der Waals surface area contributed by atoms with Gasteiger partial charge in [-0.2, -0.15) is 0 Å². The molecular formula is C6H5F2NOS. The number of thiazole rings is 1. The average molecular weight is 177 g/mol. The molecule has 0 spiro atoms. The van der Waals surface area contributed by atoms with Gasteiger partial charge in [-0.15, -0.1) is 11.3 Å². The van der Waals surface area contributed by atoms with Crippen molar-refractivity contribution < 1.29 is 13.6 Å². The van der Waals surface area contributed by atoms with Gasteiger partial charge in [0.15, 0.2) is 11.3 Å². The highest BCUT2D eigenvalue weighted by Crippen LogP contribution is 2.27. The molecule has 0 amide bonds. The first-order chi connectivity index (χ1) is 5.15. The van der Waals surface area contributed by atoms with Crippen LogP contribution in [-0.4, -0.2) is 11.3 Å². The van der Waals surface area contributed by atoms with E-state index in [1.54, 1.807) is 0 Å². The maximum absolute atomic E-state index is 12.0. The molecule has 11 heavy (non-hydrogen) atoms. The first-order valence-corrected chi connectivity index (χ1v) is 3.67. The average Bonchev–Trinajstić information content (AvgIpc) is 2.30. The lowest BCUT2D eigenvalue weighted by molar-refractivity contribution is 0.112. The van der Waals surface area contributed by atoms with Gasteiger partial charge in [0.25, 0.3) is 6.43 Å². The van der Waals surface area contributed by atoms with E-state index >= 15 is 0 Å². The van der Waals surface area contributed by atoms with E-state index in [-0.39, 0.29) is 15.6 Å². The number of rotatable bonds is 2. The third kappa shape index (κ3) is 1.59. The topological polar surface area (TPSA) is 30.0 Å². The molecule has 0 fully saturated rings. The molecule has 0 aliphatic rings. The second-order valence-electron chi connectivity index (χ2n) is 1.92. The summed E-state index contributed by atoms with van der Waals surface area (Å²) < 4.78 is 24.1. The molecule has 0 unspecified atom stereocenters. The van der Waals surface area contributed by atoms with E-state index in [1.807, 2.05) is 0 Å². The van der Waals surface area contributed by atoms with Crippen molar-refractivity contribution in [3.8, 4) is 0 Å². The highest BCUT2D eigenvalue weighted by atomic mass is 32.1. The molecule has 0 bridgehead atoms. The van der Waals surface area contributed by atoms with Gasteiger partial charge in [-0.05, 0) is 6.92 Å². The Morgan fingerprint density at radius 2 is 2.27 bits per heavy atom. The van der Waals surface area contributed by atoms with Crippen LogP contribution in [0.1, 0.15) is 26.8 Å². The van der Waals surface area contributed by atoms with Crippen LogP contribution >= 0.6 is 11.3 Å². The van der Waals surface area contributed by atoms with E-state index in [4.69, 9.17) is 0 Å². The van der Waals surface area contributed by atoms with Gasteiger partial charge in [-0.1, -0.05) is 0 Å². The van der Waals surface area contributed by atoms with Crippen molar-refractivity contribution in [2.45, 2.75) is 13.3 Å². The van der Waals surface area contributed by atoms with E-state index in [9.17, 15) is 13.6 Å². The molecular weight excluding hydrogens is 172 g/mol. The lowest BCUT2D eigenvalue weighted by Crippen LogP contribution is -1.82. The Morgan fingerprint density at radius 1 is 1.64 bits per heavy atom. The van der Waals surface area contributed by atoms with E-state index < -0.39 is 6.43 Å². The van der Waals surface area contributed by atoms with E-state index in [2.05, 4.69) is 4.98 Å². The molecule has 1 rings (SSSR count). The van der Waals surface area contributed by atoms with Crippen molar-refractivity contribution in [1.82, 2.24) is 4.98 Å². The summed E-state index contributed by atoms with van der Waals surface area (Å²) in [7, 11) is 0. The molecule has 0 saturated carbocycles. The van der Waals surface area contributed by atoms with E-state index in [0.29, 0.717) is 6.29 Å². The van der Waals surface area contributed by atoms with Crippen LogP contribution in [0.4, 0.5) is 8.78 Å². The molecule has 1 aromatic heterocycles. The van der Waals surface area contributed by atoms with Crippen LogP contribution in [0.25, 0.3) is 0 Å². The molecule has 0 aromatic carbocycles. The fourth-order valence-electron chi connectivity index (χ4n) is 0.683. The maximum atomic E-state index is 12.0. The first kappa shape index (κ1) is 8.26. The quantitative estimate of drug-likeness (QED) is 0.648. The highest BCUT2D eigenvalue weighted by molar-refractivity contribution is 7.13. The number of aldehydes is 1. The molecule has 0 aliphatic heterocycles. The Morgan fingerprint density at radius 3 is 2.55 bits per heavy atom. The van der Waals surface area contributed by atoms with Crippen molar-refractivity contribution in [2.24, 2.45) is 0 Å². The van der Waals surface area contributed by atoms with Crippen LogP contribution in [0.3, 0.4) is 0 Å². The fourth-order valence-corrected chi connectivity index (χ4v) is 1.42. The minimum Gasteiger partial charge on any atom is -0.295 e. The summed E-state index contributed by atoms with van der Waals surface area (Å²) in [5.41, 5.74) is 0.243. The minimum absolute atomic E-state index is 0.109. The van der Waals surface area contributed by atoms with Gasteiger partial charge in [0.05, 0.1) is 10.6 Å². The summed E-state index contributed by atoms with van der Waals surface area (Å²) in [5, 5.41) is 0.109. The predicted molar refractivity (Wildman–Crippen MR) is 37.2 cm³/mol. The van der Waals surface area contributed by atoms with Crippen molar-refractivity contribution in [1.29, 1.82) is 0 Å². The van der Waals surface area contributed by atoms with Crippen LogP contribution < -0.4 is 0 Å². The number of halogens is 2. The Hall–Kier alpha value is -0.840. The lowest BCUT2D eigenvalue weighted by atomic mass is 10.4. The molecule has 0 atom stereocenters. The van der Waals surface area contributed by atoms with Crippen LogP contribution in [-0.2, 0) is 0 Å². The van der Waals surface area contributed by atoms with Gasteiger partial charge in [0.2, 0.25) is 0 Å². The number of hydrogen-bond acceptors (Lipinski definition) is 3. The zero-order chi connectivity index (χ0) is 8.43. The van der Waals surface area contributed by atoms with E-state index in [1.165, 1.54) is 6.92 Å². The van der Waals surface area contributed by atoms with Crippen LogP contribution in [0.15, 0.2) is 0 Å². The van der Waals surface area contributed by atoms with Crippen LogP contribution in [0, 0.1) is 6.92 Å². The van der Waals surface area contributed by atoms with Gasteiger partial charge < -0.3 is 0 Å². The second-order valence-corrected chi connectivity index (χ2v) is 2.98. The smallest absolute Gasteiger partial charge is 0.274 e. The third-order valence-electron chi connectivity index (χ3n) is 1.15. The molecule has 1 heterocycles. The zero-order valence-electron chi connectivity index (χ0n) is 5.67. The van der Waals surface area contributed by atoms with Gasteiger partial charge >= 0.3 is 0 Å². The summed E-state index contributed by atoms with van der Waals surface area (Å²) in [4.78, 5) is 13.6. The number of hydrogen-bond donors (Lipinski definition) is 0. The molecule has 2 nitrogen and oxygen atoms in total. The van der Waals surface area contributed by atoms with Gasteiger partial charge in [-0.25, -0.2) is 13.8 Å². The van der Waals surface area contributed by atoms with Gasteiger partial charge in [-0.3, -0.25) is 4.79 Å². The lowest BCUT2D eigenvalue weighted by Gasteiger charge is -1.91. The summed E-state index contributed by atoms with van der Waals surface area (Å²) in [5.74, 6) is 0. The Bertz CT molecular complexity index is 272. The zero-order valence-corrected chi connectivity index (χ0v) is 6.49. The summed E-state index contributed by atoms with van der Waals surface area (Å²) in [6, 6.07) is 0. The number of aromatic nitrogens is 1. The molecule has 0 radical (unpaired) electrons. The molecule has 1 aromatic rings. The SMILES string of the molecule is Cc1nc(C=O)sc1C(F)F.